The van der Waals surface area contributed by atoms with Crippen molar-refractivity contribution in [2.75, 3.05) is 4.57 Å². The minimum absolute atomic E-state index is 0.0766. The number of H-pyrrole nitrogens is 1. The molecule has 0 aliphatic rings. The summed E-state index contributed by atoms with van der Waals surface area (Å²) in [7, 11) is -1.84. The van der Waals surface area contributed by atoms with Crippen molar-refractivity contribution >= 4 is 20.0 Å². The molecule has 0 saturated carbocycles. The molecule has 5 nitrogen and oxygen atoms in total. The number of nitrogens with zero attached hydrogens (tertiary/aromatic N) is 2. The number of carbonyl (C=O) groups excluding carboxylic acids is 1. The van der Waals surface area contributed by atoms with Gasteiger partial charge >= 0.3 is 5.69 Å². The average Bonchev–Trinajstić information content (AvgIpc) is 1.99. The number of amides is 1. The monoisotopic (exact) mass is 225 g/mol. The Morgan fingerprint density at radius 1 is 1.47 bits per heavy atom. The van der Waals surface area contributed by atoms with Gasteiger partial charge in [0.05, 0.1) is 0 Å². The maximum absolute atomic E-state index is 11.5. The maximum atomic E-state index is 11.5. The first-order valence-electron chi connectivity index (χ1n) is 4.69. The normalized spacial score (nSPS) is 11.2. The standard InChI is InChI=1S/C9H15N3O2Si/c1-7(13)12(15(2,3)4)8-5-6-10-9(14)11-8/h5-6H,1-4H3,(H,10,11,14). The minimum atomic E-state index is -1.84. The van der Waals surface area contributed by atoms with Gasteiger partial charge in [0.2, 0.25) is 5.91 Å². The Labute approximate surface area is 89.2 Å². The predicted molar refractivity (Wildman–Crippen MR) is 61.4 cm³/mol. The second-order valence-electron chi connectivity index (χ2n) is 4.28. The van der Waals surface area contributed by atoms with Gasteiger partial charge in [-0.05, 0) is 6.07 Å². The van der Waals surface area contributed by atoms with Crippen LogP contribution in [0.1, 0.15) is 6.92 Å². The van der Waals surface area contributed by atoms with Gasteiger partial charge in [-0.1, -0.05) is 19.6 Å². The van der Waals surface area contributed by atoms with Gasteiger partial charge in [-0.2, -0.15) is 4.98 Å². The van der Waals surface area contributed by atoms with Crippen molar-refractivity contribution in [1.29, 1.82) is 0 Å². The lowest BCUT2D eigenvalue weighted by molar-refractivity contribution is -0.115. The SMILES string of the molecule is CC(=O)N(c1cc[nH]c(=O)n1)[Si](C)(C)C. The quantitative estimate of drug-likeness (QED) is 0.762. The Morgan fingerprint density at radius 2 is 2.07 bits per heavy atom. The van der Waals surface area contributed by atoms with Gasteiger partial charge in [0.25, 0.3) is 0 Å². The van der Waals surface area contributed by atoms with Gasteiger partial charge in [0.1, 0.15) is 5.82 Å². The highest BCUT2D eigenvalue weighted by atomic mass is 28.3. The van der Waals surface area contributed by atoms with Gasteiger partial charge < -0.3 is 9.55 Å². The molecule has 0 spiro atoms. The van der Waals surface area contributed by atoms with E-state index in [0.717, 1.165) is 0 Å². The number of rotatable bonds is 2. The van der Waals surface area contributed by atoms with E-state index in [-0.39, 0.29) is 5.91 Å². The Bertz CT molecular complexity index is 422. The van der Waals surface area contributed by atoms with Crippen LogP contribution >= 0.6 is 0 Å². The van der Waals surface area contributed by atoms with E-state index in [1.807, 2.05) is 19.6 Å². The van der Waals surface area contributed by atoms with Crippen molar-refractivity contribution in [2.24, 2.45) is 0 Å². The molecule has 1 aromatic rings. The first kappa shape index (κ1) is 11.6. The molecule has 0 aliphatic carbocycles. The van der Waals surface area contributed by atoms with Crippen molar-refractivity contribution in [3.8, 4) is 0 Å². The second-order valence-corrected chi connectivity index (χ2v) is 9.07. The summed E-state index contributed by atoms with van der Waals surface area (Å²) in [6.45, 7) is 7.56. The highest BCUT2D eigenvalue weighted by molar-refractivity contribution is 6.82. The molecule has 1 aromatic heterocycles. The minimum Gasteiger partial charge on any atom is -0.326 e. The van der Waals surface area contributed by atoms with Gasteiger partial charge in [-0.15, -0.1) is 0 Å². The third-order valence-corrected chi connectivity index (χ3v) is 3.76. The lowest BCUT2D eigenvalue weighted by Crippen LogP contribution is -2.50. The van der Waals surface area contributed by atoms with E-state index >= 15 is 0 Å². The third kappa shape index (κ3) is 2.76. The Morgan fingerprint density at radius 3 is 2.47 bits per heavy atom. The summed E-state index contributed by atoms with van der Waals surface area (Å²) < 4.78 is 1.63. The van der Waals surface area contributed by atoms with E-state index in [0.29, 0.717) is 5.82 Å². The summed E-state index contributed by atoms with van der Waals surface area (Å²) in [5.74, 6) is 0.359. The van der Waals surface area contributed by atoms with E-state index in [2.05, 4.69) is 9.97 Å². The molecule has 0 unspecified atom stereocenters. The molecule has 0 saturated heterocycles. The summed E-state index contributed by atoms with van der Waals surface area (Å²) in [6.07, 6.45) is 1.50. The highest BCUT2D eigenvalue weighted by Crippen LogP contribution is 2.17. The van der Waals surface area contributed by atoms with Crippen molar-refractivity contribution in [3.63, 3.8) is 0 Å². The van der Waals surface area contributed by atoms with E-state index in [1.54, 1.807) is 10.6 Å². The molecule has 15 heavy (non-hydrogen) atoms. The summed E-state index contributed by atoms with van der Waals surface area (Å²) in [5.41, 5.74) is -0.433. The molecular formula is C9H15N3O2Si. The molecule has 0 radical (unpaired) electrons. The van der Waals surface area contributed by atoms with Crippen LogP contribution in [0.2, 0.25) is 19.6 Å². The lowest BCUT2D eigenvalue weighted by Gasteiger charge is -2.31. The molecule has 1 N–H and O–H groups in total. The van der Waals surface area contributed by atoms with Crippen LogP contribution in [0.5, 0.6) is 0 Å². The molecule has 0 aromatic carbocycles. The zero-order valence-electron chi connectivity index (χ0n) is 9.37. The van der Waals surface area contributed by atoms with Crippen LogP contribution < -0.4 is 10.3 Å². The molecule has 1 rings (SSSR count). The smallest absolute Gasteiger partial charge is 0.326 e. The lowest BCUT2D eigenvalue weighted by atomic mass is 10.5. The van der Waals surface area contributed by atoms with Gasteiger partial charge in [-0.3, -0.25) is 4.79 Å². The number of nitrogens with one attached hydrogen (secondary N) is 1. The summed E-state index contributed by atoms with van der Waals surface area (Å²) in [4.78, 5) is 28.8. The summed E-state index contributed by atoms with van der Waals surface area (Å²) in [5, 5.41) is 0. The van der Waals surface area contributed by atoms with Crippen LogP contribution in [0, 0.1) is 0 Å². The number of carbonyl (C=O) groups is 1. The molecule has 0 bridgehead atoms. The van der Waals surface area contributed by atoms with E-state index < -0.39 is 13.9 Å². The van der Waals surface area contributed by atoms with Crippen LogP contribution in [-0.4, -0.2) is 24.1 Å². The fourth-order valence-electron chi connectivity index (χ4n) is 1.46. The number of anilines is 1. The van der Waals surface area contributed by atoms with Crippen LogP contribution in [0.25, 0.3) is 0 Å². The van der Waals surface area contributed by atoms with E-state index in [4.69, 9.17) is 0 Å². The third-order valence-electron chi connectivity index (χ3n) is 1.87. The zero-order valence-corrected chi connectivity index (χ0v) is 10.4. The van der Waals surface area contributed by atoms with Crippen LogP contribution in [0.3, 0.4) is 0 Å². The largest absolute Gasteiger partial charge is 0.346 e. The zero-order chi connectivity index (χ0) is 11.6. The van der Waals surface area contributed by atoms with Gasteiger partial charge in [-0.25, -0.2) is 4.79 Å². The Kier molecular flexibility index (Phi) is 3.08. The number of hydrogen-bond donors (Lipinski definition) is 1. The molecule has 0 atom stereocenters. The van der Waals surface area contributed by atoms with Crippen molar-refractivity contribution in [2.45, 2.75) is 26.6 Å². The highest BCUT2D eigenvalue weighted by Gasteiger charge is 2.28. The Balaban J connectivity index is 3.22. The fraction of sp³-hybridized carbons (Fsp3) is 0.444. The second kappa shape index (κ2) is 3.97. The number of aromatic amines is 1. The van der Waals surface area contributed by atoms with Gasteiger partial charge in [0, 0.05) is 13.1 Å². The van der Waals surface area contributed by atoms with E-state index in [1.165, 1.54) is 13.1 Å². The summed E-state index contributed by atoms with van der Waals surface area (Å²) in [6, 6.07) is 1.64. The van der Waals surface area contributed by atoms with Crippen molar-refractivity contribution in [1.82, 2.24) is 9.97 Å². The molecule has 82 valence electrons. The number of aromatic nitrogens is 2. The Hall–Kier alpha value is -1.43. The average molecular weight is 225 g/mol. The number of hydrogen-bond acceptors (Lipinski definition) is 3. The molecule has 1 amide bonds. The first-order valence-corrected chi connectivity index (χ1v) is 8.13. The van der Waals surface area contributed by atoms with Crippen LogP contribution in [-0.2, 0) is 4.79 Å². The van der Waals surface area contributed by atoms with Crippen LogP contribution in [0.4, 0.5) is 5.82 Å². The van der Waals surface area contributed by atoms with Crippen molar-refractivity contribution in [3.05, 3.63) is 22.7 Å². The van der Waals surface area contributed by atoms with Crippen molar-refractivity contribution < 1.29 is 4.79 Å². The molecule has 0 aliphatic heterocycles. The van der Waals surface area contributed by atoms with Crippen LogP contribution in [0.15, 0.2) is 17.1 Å². The van der Waals surface area contributed by atoms with E-state index in [9.17, 15) is 9.59 Å². The van der Waals surface area contributed by atoms with Gasteiger partial charge in [0.15, 0.2) is 8.24 Å². The maximum Gasteiger partial charge on any atom is 0.346 e. The topological polar surface area (TPSA) is 66.1 Å². The summed E-state index contributed by atoms with van der Waals surface area (Å²) >= 11 is 0. The predicted octanol–water partition coefficient (Wildman–Crippen LogP) is 0.958. The molecular weight excluding hydrogens is 210 g/mol. The first-order chi connectivity index (χ1) is 6.82. The molecule has 6 heteroatoms. The fourth-order valence-corrected chi connectivity index (χ4v) is 3.22. The molecule has 1 heterocycles. The molecule has 0 fully saturated rings.